The van der Waals surface area contributed by atoms with Gasteiger partial charge >= 0.3 is 0 Å². The van der Waals surface area contributed by atoms with Crippen LogP contribution in [0.4, 0.5) is 0 Å². The third kappa shape index (κ3) is 5.19. The molecule has 0 spiro atoms. The van der Waals surface area contributed by atoms with Gasteiger partial charge in [-0.3, -0.25) is 14.5 Å². The van der Waals surface area contributed by atoms with E-state index in [4.69, 9.17) is 11.5 Å². The summed E-state index contributed by atoms with van der Waals surface area (Å²) in [7, 11) is 0. The molecule has 0 saturated heterocycles. The van der Waals surface area contributed by atoms with Gasteiger partial charge in [-0.15, -0.1) is 0 Å². The Balaban J connectivity index is 2.65. The number of nitrogens with two attached hydrogens (primary N) is 2. The van der Waals surface area contributed by atoms with Crippen molar-refractivity contribution in [2.45, 2.75) is 52.0 Å². The fourth-order valence-electron chi connectivity index (χ4n) is 2.70. The molecule has 110 valence electrons. The number of amides is 2. The van der Waals surface area contributed by atoms with E-state index < -0.39 is 0 Å². The first-order valence-electron chi connectivity index (χ1n) is 7.24. The van der Waals surface area contributed by atoms with Crippen LogP contribution in [0.1, 0.15) is 46.0 Å². The van der Waals surface area contributed by atoms with Crippen LogP contribution < -0.4 is 11.5 Å². The zero-order valence-corrected chi connectivity index (χ0v) is 12.1. The van der Waals surface area contributed by atoms with E-state index in [1.807, 2.05) is 13.8 Å². The van der Waals surface area contributed by atoms with Crippen LogP contribution in [0.3, 0.4) is 0 Å². The van der Waals surface area contributed by atoms with Crippen molar-refractivity contribution in [3.63, 3.8) is 0 Å². The number of rotatable bonds is 7. The minimum Gasteiger partial charge on any atom is -0.369 e. The molecule has 0 aromatic carbocycles. The summed E-state index contributed by atoms with van der Waals surface area (Å²) in [6.07, 6.45) is 5.99. The van der Waals surface area contributed by atoms with Crippen LogP contribution in [0.5, 0.6) is 0 Å². The van der Waals surface area contributed by atoms with E-state index in [9.17, 15) is 9.59 Å². The highest BCUT2D eigenvalue weighted by Crippen LogP contribution is 2.24. The van der Waals surface area contributed by atoms with Crippen LogP contribution in [0, 0.1) is 11.8 Å². The maximum atomic E-state index is 11.2. The van der Waals surface area contributed by atoms with Crippen LogP contribution in [0.25, 0.3) is 0 Å². The van der Waals surface area contributed by atoms with Crippen molar-refractivity contribution in [1.82, 2.24) is 4.90 Å². The second-order valence-corrected chi connectivity index (χ2v) is 5.85. The summed E-state index contributed by atoms with van der Waals surface area (Å²) in [6, 6.07) is 0.456. The van der Waals surface area contributed by atoms with E-state index in [1.165, 1.54) is 19.3 Å². The maximum absolute atomic E-state index is 11.2. The van der Waals surface area contributed by atoms with Gasteiger partial charge in [-0.1, -0.05) is 33.1 Å². The number of hydrogen-bond acceptors (Lipinski definition) is 3. The standard InChI is InChI=1S/C14H27N3O2/c1-10(13(15)18)8-17(9-11(2)14(16)19)12-6-4-3-5-7-12/h10-12H,3-9H2,1-2H3,(H2,15,18)(H2,16,19). The van der Waals surface area contributed by atoms with E-state index in [2.05, 4.69) is 4.90 Å². The van der Waals surface area contributed by atoms with Crippen molar-refractivity contribution in [2.24, 2.45) is 23.3 Å². The van der Waals surface area contributed by atoms with Crippen molar-refractivity contribution < 1.29 is 9.59 Å². The number of hydrogen-bond donors (Lipinski definition) is 2. The Morgan fingerprint density at radius 3 is 1.79 bits per heavy atom. The van der Waals surface area contributed by atoms with Gasteiger partial charge in [0.05, 0.1) is 0 Å². The predicted molar refractivity (Wildman–Crippen MR) is 75.2 cm³/mol. The highest BCUT2D eigenvalue weighted by Gasteiger charge is 2.26. The molecule has 0 aromatic heterocycles. The molecule has 2 amide bonds. The SMILES string of the molecule is CC(CN(CC(C)C(N)=O)C1CCCCC1)C(N)=O. The van der Waals surface area contributed by atoms with Gasteiger partial charge in [-0.05, 0) is 12.8 Å². The lowest BCUT2D eigenvalue weighted by Crippen LogP contribution is -2.46. The summed E-state index contributed by atoms with van der Waals surface area (Å²) in [5.41, 5.74) is 10.7. The zero-order chi connectivity index (χ0) is 14.4. The van der Waals surface area contributed by atoms with Gasteiger partial charge in [0.15, 0.2) is 0 Å². The normalized spacial score (nSPS) is 20.2. The van der Waals surface area contributed by atoms with E-state index in [0.717, 1.165) is 12.8 Å². The van der Waals surface area contributed by atoms with E-state index in [-0.39, 0.29) is 23.7 Å². The lowest BCUT2D eigenvalue weighted by molar-refractivity contribution is -0.123. The van der Waals surface area contributed by atoms with Gasteiger partial charge in [0.1, 0.15) is 0 Å². The summed E-state index contributed by atoms with van der Waals surface area (Å²) >= 11 is 0. The molecule has 1 saturated carbocycles. The molecule has 1 aliphatic carbocycles. The maximum Gasteiger partial charge on any atom is 0.221 e. The second kappa shape index (κ2) is 7.48. The summed E-state index contributed by atoms with van der Waals surface area (Å²) < 4.78 is 0. The Hall–Kier alpha value is -1.10. The quantitative estimate of drug-likeness (QED) is 0.718. The lowest BCUT2D eigenvalue weighted by atomic mass is 9.92. The zero-order valence-electron chi connectivity index (χ0n) is 12.1. The monoisotopic (exact) mass is 269 g/mol. The Kier molecular flexibility index (Phi) is 6.28. The van der Waals surface area contributed by atoms with Gasteiger partial charge in [0.2, 0.25) is 11.8 Å². The van der Waals surface area contributed by atoms with Gasteiger partial charge in [0, 0.05) is 31.0 Å². The minimum atomic E-state index is -0.285. The number of nitrogens with zero attached hydrogens (tertiary/aromatic N) is 1. The Morgan fingerprint density at radius 1 is 1.00 bits per heavy atom. The van der Waals surface area contributed by atoms with Gasteiger partial charge in [-0.2, -0.15) is 0 Å². The highest BCUT2D eigenvalue weighted by molar-refractivity contribution is 5.77. The predicted octanol–water partition coefficient (Wildman–Crippen LogP) is 0.864. The molecule has 0 aliphatic heterocycles. The Morgan fingerprint density at radius 2 is 1.42 bits per heavy atom. The molecule has 1 rings (SSSR count). The van der Waals surface area contributed by atoms with E-state index in [0.29, 0.717) is 19.1 Å². The average Bonchev–Trinajstić information content (AvgIpc) is 2.38. The number of primary amides is 2. The fraction of sp³-hybridized carbons (Fsp3) is 0.857. The topological polar surface area (TPSA) is 89.4 Å². The average molecular weight is 269 g/mol. The first kappa shape index (κ1) is 16.0. The minimum absolute atomic E-state index is 0.193. The van der Waals surface area contributed by atoms with Gasteiger partial charge in [0.25, 0.3) is 0 Å². The molecule has 1 fully saturated rings. The smallest absolute Gasteiger partial charge is 0.221 e. The molecule has 2 unspecified atom stereocenters. The highest BCUT2D eigenvalue weighted by atomic mass is 16.1. The molecule has 5 nitrogen and oxygen atoms in total. The summed E-state index contributed by atoms with van der Waals surface area (Å²) in [6.45, 7) is 4.93. The van der Waals surface area contributed by atoms with Crippen LogP contribution in [0.2, 0.25) is 0 Å². The first-order chi connectivity index (χ1) is 8.91. The van der Waals surface area contributed by atoms with Gasteiger partial charge in [-0.25, -0.2) is 0 Å². The lowest BCUT2D eigenvalue weighted by Gasteiger charge is -2.36. The van der Waals surface area contributed by atoms with Crippen molar-refractivity contribution in [1.29, 1.82) is 0 Å². The summed E-state index contributed by atoms with van der Waals surface area (Å²) in [5.74, 6) is -0.955. The second-order valence-electron chi connectivity index (χ2n) is 5.85. The molecular weight excluding hydrogens is 242 g/mol. The third-order valence-electron chi connectivity index (χ3n) is 4.08. The largest absolute Gasteiger partial charge is 0.369 e. The molecule has 1 aliphatic rings. The first-order valence-corrected chi connectivity index (χ1v) is 7.24. The molecular formula is C14H27N3O2. The fourth-order valence-corrected chi connectivity index (χ4v) is 2.70. The summed E-state index contributed by atoms with van der Waals surface area (Å²) in [5, 5.41) is 0. The Labute approximate surface area is 115 Å². The number of carbonyl (C=O) groups excluding carboxylic acids is 2. The van der Waals surface area contributed by atoms with Crippen molar-refractivity contribution >= 4 is 11.8 Å². The van der Waals surface area contributed by atoms with Crippen molar-refractivity contribution in [2.75, 3.05) is 13.1 Å². The number of carbonyl (C=O) groups is 2. The molecule has 0 heterocycles. The molecule has 2 atom stereocenters. The van der Waals surface area contributed by atoms with E-state index in [1.54, 1.807) is 0 Å². The van der Waals surface area contributed by atoms with Crippen LogP contribution in [-0.2, 0) is 9.59 Å². The Bertz CT molecular complexity index is 292. The van der Waals surface area contributed by atoms with Crippen LogP contribution >= 0.6 is 0 Å². The molecule has 0 aromatic rings. The van der Waals surface area contributed by atoms with Crippen molar-refractivity contribution in [3.8, 4) is 0 Å². The van der Waals surface area contributed by atoms with Gasteiger partial charge < -0.3 is 11.5 Å². The van der Waals surface area contributed by atoms with Crippen LogP contribution in [0.15, 0.2) is 0 Å². The third-order valence-corrected chi connectivity index (χ3v) is 4.08. The van der Waals surface area contributed by atoms with Crippen molar-refractivity contribution in [3.05, 3.63) is 0 Å². The summed E-state index contributed by atoms with van der Waals surface area (Å²) in [4.78, 5) is 24.7. The molecule has 0 radical (unpaired) electrons. The molecule has 0 bridgehead atoms. The molecule has 19 heavy (non-hydrogen) atoms. The molecule has 4 N–H and O–H groups in total. The molecule has 5 heteroatoms. The van der Waals surface area contributed by atoms with E-state index >= 15 is 0 Å². The van der Waals surface area contributed by atoms with Crippen LogP contribution in [-0.4, -0.2) is 35.8 Å².